The highest BCUT2D eigenvalue weighted by molar-refractivity contribution is 6.08. The van der Waals surface area contributed by atoms with Gasteiger partial charge in [-0.25, -0.2) is 4.79 Å². The van der Waals surface area contributed by atoms with E-state index in [9.17, 15) is 14.4 Å². The van der Waals surface area contributed by atoms with E-state index >= 15 is 0 Å². The summed E-state index contributed by atoms with van der Waals surface area (Å²) < 4.78 is 5.00. The molecule has 1 N–H and O–H groups in total. The molecule has 25 heavy (non-hydrogen) atoms. The van der Waals surface area contributed by atoms with Crippen LogP contribution in [-0.4, -0.2) is 41.5 Å². The summed E-state index contributed by atoms with van der Waals surface area (Å²) in [5.74, 6) is -0.343. The topological polar surface area (TPSA) is 75.7 Å². The van der Waals surface area contributed by atoms with E-state index < -0.39 is 17.5 Å². The first-order valence-electron chi connectivity index (χ1n) is 9.05. The number of amides is 3. The standard InChI is InChI=1S/C19H30N2O4/c1-6-18(4,5)14-7-9-19(10-8-14)16(23)21(17(24)20-19)11-15(22)25-12-13(2)3/h14H,2,6-12H2,1,3-5H3,(H,20,24). The van der Waals surface area contributed by atoms with Crippen molar-refractivity contribution in [1.82, 2.24) is 10.2 Å². The molecular weight excluding hydrogens is 320 g/mol. The predicted molar refractivity (Wildman–Crippen MR) is 94.8 cm³/mol. The second-order valence-electron chi connectivity index (χ2n) is 8.14. The van der Waals surface area contributed by atoms with Crippen LogP contribution in [-0.2, 0) is 14.3 Å². The molecule has 0 aromatic heterocycles. The first-order valence-corrected chi connectivity index (χ1v) is 9.05. The fourth-order valence-corrected chi connectivity index (χ4v) is 3.72. The lowest BCUT2D eigenvalue weighted by atomic mass is 9.65. The molecule has 1 aliphatic carbocycles. The summed E-state index contributed by atoms with van der Waals surface area (Å²) in [6.07, 6.45) is 4.15. The van der Waals surface area contributed by atoms with E-state index in [2.05, 4.69) is 32.7 Å². The molecule has 2 rings (SSSR count). The molecule has 0 unspecified atom stereocenters. The maximum atomic E-state index is 12.8. The van der Waals surface area contributed by atoms with Gasteiger partial charge in [0.05, 0.1) is 0 Å². The molecule has 1 spiro atoms. The Hall–Kier alpha value is -1.85. The molecule has 140 valence electrons. The van der Waals surface area contributed by atoms with E-state index in [0.717, 1.165) is 24.2 Å². The van der Waals surface area contributed by atoms with Crippen molar-refractivity contribution >= 4 is 17.9 Å². The molecule has 1 aliphatic heterocycles. The van der Waals surface area contributed by atoms with Gasteiger partial charge in [0, 0.05) is 0 Å². The Balaban J connectivity index is 1.99. The van der Waals surface area contributed by atoms with Crippen LogP contribution in [0, 0.1) is 11.3 Å². The number of hydrogen-bond acceptors (Lipinski definition) is 4. The van der Waals surface area contributed by atoms with Gasteiger partial charge in [-0.3, -0.25) is 14.5 Å². The van der Waals surface area contributed by atoms with Gasteiger partial charge in [-0.2, -0.15) is 0 Å². The summed E-state index contributed by atoms with van der Waals surface area (Å²) in [5.41, 5.74) is 0.101. The lowest BCUT2D eigenvalue weighted by molar-refractivity contribution is -0.147. The SMILES string of the molecule is C=C(C)COC(=O)CN1C(=O)NC2(CCC(C(C)(C)CC)CC2)C1=O. The summed E-state index contributed by atoms with van der Waals surface area (Å²) in [7, 11) is 0. The van der Waals surface area contributed by atoms with Gasteiger partial charge in [0.15, 0.2) is 0 Å². The van der Waals surface area contributed by atoms with Gasteiger partial charge in [0.1, 0.15) is 18.7 Å². The predicted octanol–water partition coefficient (Wildman–Crippen LogP) is 3.02. The van der Waals surface area contributed by atoms with Crippen molar-refractivity contribution in [2.45, 2.75) is 65.3 Å². The summed E-state index contributed by atoms with van der Waals surface area (Å²) >= 11 is 0. The quantitative estimate of drug-likeness (QED) is 0.454. The molecule has 0 atom stereocenters. The highest BCUT2D eigenvalue weighted by Crippen LogP contribution is 2.45. The van der Waals surface area contributed by atoms with Crippen molar-refractivity contribution in [3.63, 3.8) is 0 Å². The van der Waals surface area contributed by atoms with Crippen LogP contribution in [0.3, 0.4) is 0 Å². The molecular formula is C19H30N2O4. The average molecular weight is 350 g/mol. The van der Waals surface area contributed by atoms with Crippen molar-refractivity contribution < 1.29 is 19.1 Å². The van der Waals surface area contributed by atoms with Crippen molar-refractivity contribution in [2.75, 3.05) is 13.2 Å². The Labute approximate surface area is 150 Å². The number of carbonyl (C=O) groups is 3. The Bertz CT molecular complexity index is 574. The number of nitrogens with one attached hydrogen (secondary N) is 1. The van der Waals surface area contributed by atoms with E-state index in [1.165, 1.54) is 0 Å². The molecule has 0 aromatic carbocycles. The Morgan fingerprint density at radius 3 is 2.48 bits per heavy atom. The van der Waals surface area contributed by atoms with Gasteiger partial charge < -0.3 is 10.1 Å². The summed E-state index contributed by atoms with van der Waals surface area (Å²) in [6.45, 7) is 11.9. The molecule has 3 amide bonds. The van der Waals surface area contributed by atoms with E-state index in [1.54, 1.807) is 6.92 Å². The molecule has 6 heteroatoms. The minimum absolute atomic E-state index is 0.0986. The second-order valence-corrected chi connectivity index (χ2v) is 8.14. The minimum atomic E-state index is -0.841. The van der Waals surface area contributed by atoms with Gasteiger partial charge in [0.25, 0.3) is 5.91 Å². The minimum Gasteiger partial charge on any atom is -0.460 e. The molecule has 1 heterocycles. The smallest absolute Gasteiger partial charge is 0.326 e. The maximum Gasteiger partial charge on any atom is 0.326 e. The Morgan fingerprint density at radius 1 is 1.36 bits per heavy atom. The third-order valence-electron chi connectivity index (χ3n) is 5.87. The molecule has 0 bridgehead atoms. The third kappa shape index (κ3) is 4.05. The number of urea groups is 1. The number of nitrogens with zero attached hydrogens (tertiary/aromatic N) is 1. The van der Waals surface area contributed by atoms with Crippen LogP contribution in [0.1, 0.15) is 59.8 Å². The zero-order chi connectivity index (χ0) is 18.8. The fraction of sp³-hybridized carbons (Fsp3) is 0.737. The highest BCUT2D eigenvalue weighted by atomic mass is 16.5. The van der Waals surface area contributed by atoms with Crippen molar-refractivity contribution in [2.24, 2.45) is 11.3 Å². The molecule has 2 aliphatic rings. The summed E-state index contributed by atoms with van der Waals surface area (Å²) in [4.78, 5) is 37.9. The van der Waals surface area contributed by atoms with Crippen LogP contribution in [0.2, 0.25) is 0 Å². The van der Waals surface area contributed by atoms with Gasteiger partial charge >= 0.3 is 12.0 Å². The third-order valence-corrected chi connectivity index (χ3v) is 5.87. The molecule has 1 saturated heterocycles. The number of esters is 1. The Kier molecular flexibility index (Phi) is 5.59. The lowest BCUT2D eigenvalue weighted by Gasteiger charge is -2.42. The van der Waals surface area contributed by atoms with E-state index in [-0.39, 0.29) is 24.5 Å². The van der Waals surface area contributed by atoms with E-state index in [0.29, 0.717) is 24.3 Å². The monoisotopic (exact) mass is 350 g/mol. The number of carbonyl (C=O) groups excluding carboxylic acids is 3. The van der Waals surface area contributed by atoms with E-state index in [4.69, 9.17) is 4.74 Å². The van der Waals surface area contributed by atoms with Crippen LogP contribution < -0.4 is 5.32 Å². The number of ether oxygens (including phenoxy) is 1. The number of rotatable bonds is 6. The molecule has 1 saturated carbocycles. The molecule has 0 aromatic rings. The van der Waals surface area contributed by atoms with E-state index in [1.807, 2.05) is 0 Å². The zero-order valence-electron chi connectivity index (χ0n) is 15.8. The largest absolute Gasteiger partial charge is 0.460 e. The number of hydrogen-bond donors (Lipinski definition) is 1. The number of imide groups is 1. The summed E-state index contributed by atoms with van der Waals surface area (Å²) in [6, 6.07) is -0.495. The molecule has 0 radical (unpaired) electrons. The summed E-state index contributed by atoms with van der Waals surface area (Å²) in [5, 5.41) is 2.84. The first-order chi connectivity index (χ1) is 11.6. The van der Waals surface area contributed by atoms with Crippen LogP contribution in [0.25, 0.3) is 0 Å². The average Bonchev–Trinajstić information content (AvgIpc) is 2.77. The molecule has 2 fully saturated rings. The van der Waals surface area contributed by atoms with Crippen molar-refractivity contribution in [1.29, 1.82) is 0 Å². The normalized spacial score (nSPS) is 26.7. The van der Waals surface area contributed by atoms with Gasteiger partial charge in [-0.1, -0.05) is 33.8 Å². The van der Waals surface area contributed by atoms with Gasteiger partial charge in [-0.05, 0) is 49.5 Å². The van der Waals surface area contributed by atoms with Gasteiger partial charge in [0.2, 0.25) is 0 Å². The van der Waals surface area contributed by atoms with Crippen LogP contribution in [0.5, 0.6) is 0 Å². The van der Waals surface area contributed by atoms with Crippen LogP contribution in [0.4, 0.5) is 4.79 Å². The highest BCUT2D eigenvalue weighted by Gasteiger charge is 2.53. The maximum absolute atomic E-state index is 12.8. The Morgan fingerprint density at radius 2 is 1.96 bits per heavy atom. The first kappa shape index (κ1) is 19.5. The van der Waals surface area contributed by atoms with Crippen molar-refractivity contribution in [3.8, 4) is 0 Å². The lowest BCUT2D eigenvalue weighted by Crippen LogP contribution is -2.51. The van der Waals surface area contributed by atoms with Crippen LogP contribution in [0.15, 0.2) is 12.2 Å². The van der Waals surface area contributed by atoms with Crippen molar-refractivity contribution in [3.05, 3.63) is 12.2 Å². The second kappa shape index (κ2) is 7.18. The zero-order valence-corrected chi connectivity index (χ0v) is 15.8. The van der Waals surface area contributed by atoms with Gasteiger partial charge in [-0.15, -0.1) is 0 Å². The van der Waals surface area contributed by atoms with Crippen LogP contribution >= 0.6 is 0 Å². The fourth-order valence-electron chi connectivity index (χ4n) is 3.72. The molecule has 6 nitrogen and oxygen atoms in total.